The fraction of sp³-hybridized carbons (Fsp3) is 0.0435. The summed E-state index contributed by atoms with van der Waals surface area (Å²) in [7, 11) is 0. The molecule has 162 valence electrons. The number of carbonyl (C=O) groups is 2. The van der Waals surface area contributed by atoms with Crippen molar-refractivity contribution in [3.8, 4) is 5.75 Å². The van der Waals surface area contributed by atoms with Crippen LogP contribution in [0.25, 0.3) is 6.08 Å². The van der Waals surface area contributed by atoms with Crippen LogP contribution in [0.5, 0.6) is 5.75 Å². The number of nitrogens with zero attached hydrogens (tertiary/aromatic N) is 1. The van der Waals surface area contributed by atoms with Gasteiger partial charge in [0.2, 0.25) is 0 Å². The van der Waals surface area contributed by atoms with Gasteiger partial charge >= 0.3 is 0 Å². The highest BCUT2D eigenvalue weighted by Gasteiger charge is 2.36. The first kappa shape index (κ1) is 23.0. The third-order valence-corrected chi connectivity index (χ3v) is 6.75. The van der Waals surface area contributed by atoms with Crippen molar-refractivity contribution in [3.05, 3.63) is 96.8 Å². The maximum Gasteiger partial charge on any atom is 0.298 e. The molecule has 0 aliphatic carbocycles. The summed E-state index contributed by atoms with van der Waals surface area (Å²) in [5, 5.41) is 1.21. The third-order valence-electron chi connectivity index (χ3n) is 4.56. The first-order chi connectivity index (χ1) is 15.3. The van der Waals surface area contributed by atoms with Crippen molar-refractivity contribution in [2.24, 2.45) is 0 Å². The number of amides is 2. The summed E-state index contributed by atoms with van der Waals surface area (Å²) in [5.41, 5.74) is 1.77. The largest absolute Gasteiger partial charge is 0.488 e. The summed E-state index contributed by atoms with van der Waals surface area (Å²) in [6.07, 6.45) is 1.63. The van der Waals surface area contributed by atoms with Crippen LogP contribution in [0.15, 0.2) is 65.6 Å². The molecule has 0 aromatic heterocycles. The molecule has 0 N–H and O–H groups in total. The van der Waals surface area contributed by atoms with Gasteiger partial charge in [0.15, 0.2) is 0 Å². The third kappa shape index (κ3) is 4.92. The standard InChI is InChI=1S/C23H13Cl4NO3S/c24-15-6-5-14(18(26)10-15)12-31-20-4-2-1-3-13(20)9-21-22(29)28(23(30)32-21)16-7-8-17(25)19(27)11-16/h1-11H,12H2/b21-9+. The second-order valence-electron chi connectivity index (χ2n) is 6.68. The lowest BCUT2D eigenvalue weighted by molar-refractivity contribution is -0.113. The van der Waals surface area contributed by atoms with E-state index in [4.69, 9.17) is 51.1 Å². The maximum absolute atomic E-state index is 13.0. The molecule has 3 aromatic carbocycles. The van der Waals surface area contributed by atoms with Crippen LogP contribution in [0.4, 0.5) is 10.5 Å². The van der Waals surface area contributed by atoms with E-state index in [1.54, 1.807) is 42.5 Å². The summed E-state index contributed by atoms with van der Waals surface area (Å²) < 4.78 is 5.93. The second kappa shape index (κ2) is 9.77. The maximum atomic E-state index is 13.0. The fourth-order valence-electron chi connectivity index (χ4n) is 2.98. The van der Waals surface area contributed by atoms with Gasteiger partial charge in [-0.2, -0.15) is 0 Å². The Hall–Kier alpha value is -2.15. The highest BCUT2D eigenvalue weighted by Crippen LogP contribution is 2.38. The highest BCUT2D eigenvalue weighted by molar-refractivity contribution is 8.19. The molecule has 32 heavy (non-hydrogen) atoms. The zero-order valence-electron chi connectivity index (χ0n) is 16.2. The monoisotopic (exact) mass is 523 g/mol. The van der Waals surface area contributed by atoms with Gasteiger partial charge in [-0.3, -0.25) is 9.59 Å². The van der Waals surface area contributed by atoms with E-state index in [9.17, 15) is 9.59 Å². The lowest BCUT2D eigenvalue weighted by atomic mass is 10.1. The number of rotatable bonds is 5. The van der Waals surface area contributed by atoms with Crippen LogP contribution < -0.4 is 9.64 Å². The molecular formula is C23H13Cl4NO3S. The molecule has 0 radical (unpaired) electrons. The van der Waals surface area contributed by atoms with Crippen LogP contribution in [0.1, 0.15) is 11.1 Å². The molecule has 1 aliphatic heterocycles. The van der Waals surface area contributed by atoms with Gasteiger partial charge in [0.1, 0.15) is 12.4 Å². The molecule has 0 spiro atoms. The van der Waals surface area contributed by atoms with Gasteiger partial charge < -0.3 is 4.74 Å². The molecule has 1 aliphatic rings. The normalized spacial score (nSPS) is 15.0. The molecule has 9 heteroatoms. The summed E-state index contributed by atoms with van der Waals surface area (Å²) in [4.78, 5) is 26.8. The van der Waals surface area contributed by atoms with Crippen LogP contribution in [-0.4, -0.2) is 11.1 Å². The predicted octanol–water partition coefficient (Wildman–Crippen LogP) is 8.12. The number of para-hydroxylation sites is 1. The zero-order valence-corrected chi connectivity index (χ0v) is 20.0. The van der Waals surface area contributed by atoms with Gasteiger partial charge in [0.25, 0.3) is 11.1 Å². The number of carbonyl (C=O) groups excluding carboxylic acids is 2. The van der Waals surface area contributed by atoms with Crippen LogP contribution in [-0.2, 0) is 11.4 Å². The molecular weight excluding hydrogens is 512 g/mol. The van der Waals surface area contributed by atoms with E-state index in [0.717, 1.165) is 22.2 Å². The summed E-state index contributed by atoms with van der Waals surface area (Å²) in [6, 6.07) is 17.0. The number of ether oxygens (including phenoxy) is 1. The average molecular weight is 525 g/mol. The van der Waals surface area contributed by atoms with Crippen molar-refractivity contribution in [1.29, 1.82) is 0 Å². The van der Waals surface area contributed by atoms with E-state index in [1.165, 1.54) is 12.1 Å². The molecule has 0 saturated carbocycles. The SMILES string of the molecule is O=C1S/C(=C/c2ccccc2OCc2ccc(Cl)cc2Cl)C(=O)N1c1ccc(Cl)c(Cl)c1. The fourth-order valence-corrected chi connectivity index (χ4v) is 4.57. The van der Waals surface area contributed by atoms with Crippen molar-refractivity contribution in [1.82, 2.24) is 0 Å². The molecule has 0 bridgehead atoms. The van der Waals surface area contributed by atoms with Crippen molar-refractivity contribution < 1.29 is 14.3 Å². The summed E-state index contributed by atoms with van der Waals surface area (Å²) in [5.74, 6) is 0.0915. The number of benzene rings is 3. The predicted molar refractivity (Wildman–Crippen MR) is 132 cm³/mol. The van der Waals surface area contributed by atoms with Crippen LogP contribution in [0, 0.1) is 0 Å². The topological polar surface area (TPSA) is 46.6 Å². The lowest BCUT2D eigenvalue weighted by Crippen LogP contribution is -2.27. The van der Waals surface area contributed by atoms with Gasteiger partial charge in [0.05, 0.1) is 20.6 Å². The lowest BCUT2D eigenvalue weighted by Gasteiger charge is -2.13. The molecule has 4 nitrogen and oxygen atoms in total. The first-order valence-electron chi connectivity index (χ1n) is 9.22. The highest BCUT2D eigenvalue weighted by atomic mass is 35.5. The number of anilines is 1. The Bertz CT molecular complexity index is 1260. The van der Waals surface area contributed by atoms with Crippen LogP contribution in [0.2, 0.25) is 20.1 Å². The zero-order chi connectivity index (χ0) is 22.8. The second-order valence-corrected chi connectivity index (χ2v) is 9.33. The van der Waals surface area contributed by atoms with E-state index < -0.39 is 11.1 Å². The van der Waals surface area contributed by atoms with Crippen LogP contribution in [0.3, 0.4) is 0 Å². The van der Waals surface area contributed by atoms with Crippen molar-refractivity contribution in [2.45, 2.75) is 6.61 Å². The molecule has 2 amide bonds. The van der Waals surface area contributed by atoms with Gasteiger partial charge in [-0.05, 0) is 54.2 Å². The van der Waals surface area contributed by atoms with E-state index in [-0.39, 0.29) is 16.5 Å². The number of hydrogen-bond donors (Lipinski definition) is 0. The Morgan fingerprint density at radius 1 is 0.875 bits per heavy atom. The number of thioether (sulfide) groups is 1. The molecule has 0 unspecified atom stereocenters. The van der Waals surface area contributed by atoms with E-state index in [0.29, 0.717) is 32.1 Å². The minimum Gasteiger partial charge on any atom is -0.488 e. The molecule has 4 rings (SSSR count). The summed E-state index contributed by atoms with van der Waals surface area (Å²) >= 11 is 25.0. The van der Waals surface area contributed by atoms with Gasteiger partial charge in [-0.1, -0.05) is 70.7 Å². The molecule has 3 aromatic rings. The Balaban J connectivity index is 1.58. The van der Waals surface area contributed by atoms with Gasteiger partial charge in [0, 0.05) is 21.2 Å². The van der Waals surface area contributed by atoms with Crippen molar-refractivity contribution in [2.75, 3.05) is 4.90 Å². The minimum absolute atomic E-state index is 0.214. The molecule has 0 atom stereocenters. The van der Waals surface area contributed by atoms with Gasteiger partial charge in [-0.15, -0.1) is 0 Å². The van der Waals surface area contributed by atoms with Crippen molar-refractivity contribution in [3.63, 3.8) is 0 Å². The smallest absolute Gasteiger partial charge is 0.298 e. The Morgan fingerprint density at radius 3 is 2.41 bits per heavy atom. The van der Waals surface area contributed by atoms with E-state index >= 15 is 0 Å². The molecule has 1 fully saturated rings. The minimum atomic E-state index is -0.450. The Morgan fingerprint density at radius 2 is 1.66 bits per heavy atom. The Labute approximate surface area is 208 Å². The molecule has 1 heterocycles. The Kier molecular flexibility index (Phi) is 7.03. The molecule has 1 saturated heterocycles. The van der Waals surface area contributed by atoms with Crippen LogP contribution >= 0.6 is 58.2 Å². The quantitative estimate of drug-likeness (QED) is 0.316. The van der Waals surface area contributed by atoms with E-state index in [2.05, 4.69) is 0 Å². The van der Waals surface area contributed by atoms with Crippen molar-refractivity contribution >= 4 is 81.1 Å². The summed E-state index contributed by atoms with van der Waals surface area (Å²) in [6.45, 7) is 0.214. The van der Waals surface area contributed by atoms with Gasteiger partial charge in [-0.25, -0.2) is 4.90 Å². The van der Waals surface area contributed by atoms with E-state index in [1.807, 2.05) is 12.1 Å². The number of imide groups is 1. The number of hydrogen-bond acceptors (Lipinski definition) is 4. The number of halogens is 4. The first-order valence-corrected chi connectivity index (χ1v) is 11.5. The average Bonchev–Trinajstić information content (AvgIpc) is 3.03.